The summed E-state index contributed by atoms with van der Waals surface area (Å²) in [4.78, 5) is 27.2. The maximum atomic E-state index is 12.8. The average molecular weight is 375 g/mol. The quantitative estimate of drug-likeness (QED) is 0.685. The molecule has 1 aromatic carbocycles. The van der Waals surface area contributed by atoms with Gasteiger partial charge in [-0.25, -0.2) is 9.97 Å². The molecule has 3 aromatic rings. The fourth-order valence-corrected chi connectivity index (χ4v) is 2.91. The summed E-state index contributed by atoms with van der Waals surface area (Å²) in [5, 5.41) is 3.31. The van der Waals surface area contributed by atoms with Gasteiger partial charge in [0, 0.05) is 38.6 Å². The van der Waals surface area contributed by atoms with E-state index in [2.05, 4.69) is 39.3 Å². The van der Waals surface area contributed by atoms with Crippen molar-refractivity contribution in [3.63, 3.8) is 0 Å². The van der Waals surface area contributed by atoms with Crippen LogP contribution in [-0.2, 0) is 13.0 Å². The highest BCUT2D eigenvalue weighted by molar-refractivity contribution is 5.92. The Balaban J connectivity index is 1.66. The maximum Gasteiger partial charge on any atom is 0.272 e. The number of nitrogens with one attached hydrogen (secondary N) is 1. The molecule has 1 N–H and O–H groups in total. The molecule has 2 aromatic heterocycles. The second-order valence-corrected chi connectivity index (χ2v) is 6.80. The van der Waals surface area contributed by atoms with Crippen LogP contribution in [0.3, 0.4) is 0 Å². The van der Waals surface area contributed by atoms with Gasteiger partial charge >= 0.3 is 0 Å². The minimum Gasteiger partial charge on any atom is -0.366 e. The molecule has 0 spiro atoms. The second kappa shape index (κ2) is 9.08. The van der Waals surface area contributed by atoms with Gasteiger partial charge in [-0.05, 0) is 49.1 Å². The Morgan fingerprint density at radius 1 is 1.07 bits per heavy atom. The zero-order valence-corrected chi connectivity index (χ0v) is 16.5. The van der Waals surface area contributed by atoms with Crippen molar-refractivity contribution in [2.45, 2.75) is 26.8 Å². The first-order chi connectivity index (χ1) is 13.5. The molecule has 0 aliphatic carbocycles. The molecule has 0 fully saturated rings. The lowest BCUT2D eigenvalue weighted by atomic mass is 10.1. The van der Waals surface area contributed by atoms with Crippen LogP contribution < -0.4 is 5.32 Å². The Kier molecular flexibility index (Phi) is 6.32. The van der Waals surface area contributed by atoms with Crippen LogP contribution in [0.2, 0.25) is 0 Å². The first-order valence-electron chi connectivity index (χ1n) is 9.31. The third kappa shape index (κ3) is 5.13. The molecule has 0 unspecified atom stereocenters. The summed E-state index contributed by atoms with van der Waals surface area (Å²) in [6.07, 6.45) is 4.29. The number of pyridine rings is 1. The number of hydrogen-bond donors (Lipinski definition) is 1. The smallest absolute Gasteiger partial charge is 0.272 e. The van der Waals surface area contributed by atoms with E-state index in [0.717, 1.165) is 12.0 Å². The van der Waals surface area contributed by atoms with Crippen LogP contribution in [0.5, 0.6) is 0 Å². The van der Waals surface area contributed by atoms with Crippen LogP contribution in [0.4, 0.5) is 5.82 Å². The van der Waals surface area contributed by atoms with Crippen molar-refractivity contribution < 1.29 is 4.79 Å². The van der Waals surface area contributed by atoms with E-state index in [4.69, 9.17) is 0 Å². The van der Waals surface area contributed by atoms with Crippen LogP contribution in [0.25, 0.3) is 0 Å². The first kappa shape index (κ1) is 19.5. The van der Waals surface area contributed by atoms with Crippen molar-refractivity contribution >= 4 is 11.7 Å². The molecule has 0 atom stereocenters. The van der Waals surface area contributed by atoms with E-state index < -0.39 is 0 Å². The van der Waals surface area contributed by atoms with Crippen molar-refractivity contribution in [1.29, 1.82) is 0 Å². The molecule has 3 rings (SSSR count). The lowest BCUT2D eigenvalue weighted by Gasteiger charge is -2.17. The van der Waals surface area contributed by atoms with Crippen LogP contribution in [0.15, 0.2) is 54.9 Å². The molecule has 0 bridgehead atoms. The molecule has 144 valence electrons. The Bertz CT molecular complexity index is 943. The van der Waals surface area contributed by atoms with E-state index in [0.29, 0.717) is 30.4 Å². The summed E-state index contributed by atoms with van der Waals surface area (Å²) in [5.41, 5.74) is 3.96. The first-order valence-corrected chi connectivity index (χ1v) is 9.31. The lowest BCUT2D eigenvalue weighted by Crippen LogP contribution is -2.30. The lowest BCUT2D eigenvalue weighted by molar-refractivity contribution is 0.0790. The average Bonchev–Trinajstić information content (AvgIpc) is 2.71. The topological polar surface area (TPSA) is 71.0 Å². The van der Waals surface area contributed by atoms with Crippen molar-refractivity contribution in [2.75, 3.05) is 18.9 Å². The summed E-state index contributed by atoms with van der Waals surface area (Å²) in [5.74, 6) is 1.11. The largest absolute Gasteiger partial charge is 0.366 e. The number of aryl methyl sites for hydroxylation is 2. The number of rotatable bonds is 7. The Labute approximate surface area is 165 Å². The Morgan fingerprint density at radius 2 is 1.82 bits per heavy atom. The number of aromatic nitrogens is 3. The van der Waals surface area contributed by atoms with Crippen molar-refractivity contribution in [2.24, 2.45) is 0 Å². The van der Waals surface area contributed by atoms with Gasteiger partial charge in [-0.3, -0.25) is 9.78 Å². The van der Waals surface area contributed by atoms with E-state index in [-0.39, 0.29) is 5.91 Å². The summed E-state index contributed by atoms with van der Waals surface area (Å²) >= 11 is 0. The van der Waals surface area contributed by atoms with Crippen LogP contribution in [0, 0.1) is 13.8 Å². The molecule has 6 nitrogen and oxygen atoms in total. The van der Waals surface area contributed by atoms with Crippen molar-refractivity contribution in [3.8, 4) is 0 Å². The van der Waals surface area contributed by atoms with E-state index in [1.54, 1.807) is 37.3 Å². The van der Waals surface area contributed by atoms with Gasteiger partial charge in [-0.1, -0.05) is 24.3 Å². The number of hydrogen-bond acceptors (Lipinski definition) is 5. The third-order valence-electron chi connectivity index (χ3n) is 4.61. The minimum absolute atomic E-state index is 0.113. The van der Waals surface area contributed by atoms with Crippen LogP contribution >= 0.6 is 0 Å². The molecule has 1 amide bonds. The van der Waals surface area contributed by atoms with Gasteiger partial charge < -0.3 is 10.2 Å². The molecule has 0 saturated heterocycles. The van der Waals surface area contributed by atoms with Crippen LogP contribution in [0.1, 0.15) is 33.0 Å². The molecule has 0 aliphatic rings. The third-order valence-corrected chi connectivity index (χ3v) is 4.61. The van der Waals surface area contributed by atoms with Gasteiger partial charge in [-0.15, -0.1) is 0 Å². The highest BCUT2D eigenvalue weighted by atomic mass is 16.2. The number of anilines is 1. The highest BCUT2D eigenvalue weighted by Gasteiger charge is 2.15. The van der Waals surface area contributed by atoms with Gasteiger partial charge in [0.25, 0.3) is 5.91 Å². The number of amides is 1. The minimum atomic E-state index is -0.113. The SMILES string of the molecule is Cc1nc(NCc2ccccc2C)cc(C(=O)N(C)CCc2ccncc2)n1. The molecular formula is C22H25N5O. The van der Waals surface area contributed by atoms with E-state index in [1.807, 2.05) is 24.3 Å². The monoisotopic (exact) mass is 375 g/mol. The zero-order valence-electron chi connectivity index (χ0n) is 16.5. The molecule has 0 radical (unpaired) electrons. The number of benzene rings is 1. The predicted molar refractivity (Wildman–Crippen MR) is 110 cm³/mol. The van der Waals surface area contributed by atoms with Crippen LogP contribution in [-0.4, -0.2) is 39.4 Å². The fourth-order valence-electron chi connectivity index (χ4n) is 2.91. The van der Waals surface area contributed by atoms with Gasteiger partial charge in [0.15, 0.2) is 0 Å². The highest BCUT2D eigenvalue weighted by Crippen LogP contribution is 2.13. The number of nitrogens with zero attached hydrogens (tertiary/aromatic N) is 4. The van der Waals surface area contributed by atoms with Crippen molar-refractivity contribution in [3.05, 3.63) is 83.1 Å². The standard InChI is InChI=1S/C22H25N5O/c1-16-6-4-5-7-19(16)15-24-21-14-20(25-17(2)26-21)22(28)27(3)13-10-18-8-11-23-12-9-18/h4-9,11-12,14H,10,13,15H2,1-3H3,(H,24,25,26). The van der Waals surface area contributed by atoms with E-state index >= 15 is 0 Å². The summed E-state index contributed by atoms with van der Waals surface area (Å²) in [7, 11) is 1.79. The molecule has 0 saturated carbocycles. The zero-order chi connectivity index (χ0) is 19.9. The van der Waals surface area contributed by atoms with Gasteiger partial charge in [0.1, 0.15) is 17.3 Å². The Hall–Kier alpha value is -3.28. The molecular weight excluding hydrogens is 350 g/mol. The number of carbonyl (C=O) groups excluding carboxylic acids is 1. The number of carbonyl (C=O) groups is 1. The van der Waals surface area contributed by atoms with Gasteiger partial charge in [0.2, 0.25) is 0 Å². The summed E-state index contributed by atoms with van der Waals surface area (Å²) in [6.45, 7) is 5.13. The summed E-state index contributed by atoms with van der Waals surface area (Å²) in [6, 6.07) is 13.8. The maximum absolute atomic E-state index is 12.8. The summed E-state index contributed by atoms with van der Waals surface area (Å²) < 4.78 is 0. The van der Waals surface area contributed by atoms with E-state index in [9.17, 15) is 4.79 Å². The van der Waals surface area contributed by atoms with Gasteiger partial charge in [0.05, 0.1) is 0 Å². The fraction of sp³-hybridized carbons (Fsp3) is 0.273. The predicted octanol–water partition coefficient (Wildman–Crippen LogP) is 3.42. The second-order valence-electron chi connectivity index (χ2n) is 6.80. The number of likely N-dealkylation sites (N-methyl/N-ethyl adjacent to an activating group) is 1. The molecule has 6 heteroatoms. The Morgan fingerprint density at radius 3 is 2.57 bits per heavy atom. The molecule has 0 aliphatic heterocycles. The van der Waals surface area contributed by atoms with Gasteiger partial charge in [-0.2, -0.15) is 0 Å². The normalized spacial score (nSPS) is 10.5. The molecule has 2 heterocycles. The van der Waals surface area contributed by atoms with E-state index in [1.165, 1.54) is 11.1 Å². The van der Waals surface area contributed by atoms with Crippen molar-refractivity contribution in [1.82, 2.24) is 19.9 Å². The molecule has 28 heavy (non-hydrogen) atoms.